The van der Waals surface area contributed by atoms with Gasteiger partial charge in [0.05, 0.1) is 12.8 Å². The molecule has 0 spiro atoms. The molecular formula is C20H17N3O3. The van der Waals surface area contributed by atoms with Crippen LogP contribution in [0, 0.1) is 18.3 Å². The fourth-order valence-electron chi connectivity index (χ4n) is 2.87. The lowest BCUT2D eigenvalue weighted by Crippen LogP contribution is -2.01. The number of nitrogen functional groups attached to an aromatic ring is 1. The number of aromatic hydroxyl groups is 2. The topological polar surface area (TPSA) is 112 Å². The number of anilines is 1. The van der Waals surface area contributed by atoms with Crippen molar-refractivity contribution in [1.29, 1.82) is 5.26 Å². The first-order chi connectivity index (χ1) is 12.4. The number of rotatable bonds is 3. The zero-order valence-electron chi connectivity index (χ0n) is 14.3. The van der Waals surface area contributed by atoms with Crippen molar-refractivity contribution in [1.82, 2.24) is 4.98 Å². The number of pyridine rings is 1. The van der Waals surface area contributed by atoms with Crippen LogP contribution in [-0.4, -0.2) is 22.3 Å². The van der Waals surface area contributed by atoms with Crippen molar-refractivity contribution in [3.05, 3.63) is 53.6 Å². The minimum absolute atomic E-state index is 0.0439. The second kappa shape index (κ2) is 6.65. The maximum atomic E-state index is 9.88. The lowest BCUT2D eigenvalue weighted by molar-refractivity contribution is 0.414. The molecular weight excluding hydrogens is 330 g/mol. The number of aromatic nitrogens is 1. The Morgan fingerprint density at radius 3 is 2.35 bits per heavy atom. The van der Waals surface area contributed by atoms with Crippen molar-refractivity contribution >= 4 is 5.82 Å². The van der Waals surface area contributed by atoms with Crippen LogP contribution in [0.3, 0.4) is 0 Å². The molecule has 2 aromatic carbocycles. The Balaban J connectivity index is 2.31. The molecule has 6 nitrogen and oxygen atoms in total. The molecule has 0 fully saturated rings. The van der Waals surface area contributed by atoms with E-state index in [1.54, 1.807) is 30.3 Å². The fraction of sp³-hybridized carbons (Fsp3) is 0.100. The third-order valence-corrected chi connectivity index (χ3v) is 4.12. The Morgan fingerprint density at radius 1 is 1.00 bits per heavy atom. The SMILES string of the molecule is COc1ccc(O)cc1-c1cc(-c2ccc(O)cc2C)nc(N)c1C#N. The molecule has 0 aliphatic heterocycles. The summed E-state index contributed by atoms with van der Waals surface area (Å²) < 4.78 is 5.36. The largest absolute Gasteiger partial charge is 0.508 e. The van der Waals surface area contributed by atoms with Crippen LogP contribution < -0.4 is 10.5 Å². The number of methoxy groups -OCH3 is 1. The first kappa shape index (κ1) is 17.1. The number of nitrogens with two attached hydrogens (primary N) is 1. The average molecular weight is 347 g/mol. The van der Waals surface area contributed by atoms with Gasteiger partial charge in [-0.3, -0.25) is 0 Å². The van der Waals surface area contributed by atoms with Gasteiger partial charge >= 0.3 is 0 Å². The Kier molecular flexibility index (Phi) is 4.38. The maximum Gasteiger partial charge on any atom is 0.142 e. The van der Waals surface area contributed by atoms with Crippen LogP contribution in [0.5, 0.6) is 17.2 Å². The second-order valence-corrected chi connectivity index (χ2v) is 5.81. The van der Waals surface area contributed by atoms with E-state index in [4.69, 9.17) is 10.5 Å². The van der Waals surface area contributed by atoms with E-state index in [0.717, 1.165) is 11.1 Å². The predicted octanol–water partition coefficient (Wildman–Crippen LogP) is 3.60. The van der Waals surface area contributed by atoms with Crippen molar-refractivity contribution in [3.8, 4) is 45.7 Å². The summed E-state index contributed by atoms with van der Waals surface area (Å²) in [6.45, 7) is 1.85. The molecule has 0 unspecified atom stereocenters. The highest BCUT2D eigenvalue weighted by atomic mass is 16.5. The molecule has 0 radical (unpaired) electrons. The molecule has 130 valence electrons. The predicted molar refractivity (Wildman–Crippen MR) is 98.9 cm³/mol. The zero-order valence-corrected chi connectivity index (χ0v) is 14.3. The van der Waals surface area contributed by atoms with Gasteiger partial charge in [0, 0.05) is 16.7 Å². The molecule has 0 aliphatic carbocycles. The second-order valence-electron chi connectivity index (χ2n) is 5.81. The van der Waals surface area contributed by atoms with E-state index >= 15 is 0 Å². The Hall–Kier alpha value is -3.72. The number of benzene rings is 2. The lowest BCUT2D eigenvalue weighted by atomic mass is 9.96. The van der Waals surface area contributed by atoms with E-state index in [0.29, 0.717) is 22.6 Å². The lowest BCUT2D eigenvalue weighted by Gasteiger charge is -2.14. The Labute approximate surface area is 150 Å². The van der Waals surface area contributed by atoms with E-state index in [1.165, 1.54) is 19.2 Å². The summed E-state index contributed by atoms with van der Waals surface area (Å²) in [5, 5.41) is 29.0. The quantitative estimate of drug-likeness (QED) is 0.667. The van der Waals surface area contributed by atoms with Crippen molar-refractivity contribution in [2.75, 3.05) is 12.8 Å². The molecule has 1 aromatic heterocycles. The van der Waals surface area contributed by atoms with Crippen LogP contribution >= 0.6 is 0 Å². The van der Waals surface area contributed by atoms with Crippen molar-refractivity contribution in [3.63, 3.8) is 0 Å². The highest BCUT2D eigenvalue weighted by Gasteiger charge is 2.18. The first-order valence-electron chi connectivity index (χ1n) is 7.82. The molecule has 6 heteroatoms. The van der Waals surface area contributed by atoms with E-state index in [1.807, 2.05) is 6.92 Å². The van der Waals surface area contributed by atoms with Gasteiger partial charge in [-0.1, -0.05) is 0 Å². The van der Waals surface area contributed by atoms with Crippen LogP contribution in [-0.2, 0) is 0 Å². The summed E-state index contributed by atoms with van der Waals surface area (Å²) >= 11 is 0. The first-order valence-corrected chi connectivity index (χ1v) is 7.82. The van der Waals surface area contributed by atoms with E-state index in [9.17, 15) is 15.5 Å². The molecule has 0 saturated heterocycles. The minimum atomic E-state index is 0.0439. The third-order valence-electron chi connectivity index (χ3n) is 4.12. The average Bonchev–Trinajstić information content (AvgIpc) is 2.61. The monoisotopic (exact) mass is 347 g/mol. The molecule has 0 bridgehead atoms. The van der Waals surface area contributed by atoms with Gasteiger partial charge in [0.25, 0.3) is 0 Å². The number of nitriles is 1. The van der Waals surface area contributed by atoms with E-state index in [-0.39, 0.29) is 22.9 Å². The van der Waals surface area contributed by atoms with Crippen molar-refractivity contribution in [2.45, 2.75) is 6.92 Å². The summed E-state index contributed by atoms with van der Waals surface area (Å²) in [7, 11) is 1.51. The molecule has 0 atom stereocenters. The molecule has 0 saturated carbocycles. The number of ether oxygens (including phenoxy) is 1. The van der Waals surface area contributed by atoms with Gasteiger partial charge in [0.1, 0.15) is 34.7 Å². The van der Waals surface area contributed by atoms with Crippen molar-refractivity contribution in [2.24, 2.45) is 0 Å². The van der Waals surface area contributed by atoms with Gasteiger partial charge in [-0.15, -0.1) is 0 Å². The molecule has 3 aromatic rings. The smallest absolute Gasteiger partial charge is 0.142 e. The molecule has 26 heavy (non-hydrogen) atoms. The van der Waals surface area contributed by atoms with Crippen LogP contribution in [0.2, 0.25) is 0 Å². The zero-order chi connectivity index (χ0) is 18.8. The summed E-state index contributed by atoms with van der Waals surface area (Å²) in [5.74, 6) is 0.779. The fourth-order valence-corrected chi connectivity index (χ4v) is 2.87. The van der Waals surface area contributed by atoms with Gasteiger partial charge < -0.3 is 20.7 Å². The van der Waals surface area contributed by atoms with Crippen LogP contribution in [0.1, 0.15) is 11.1 Å². The Morgan fingerprint density at radius 2 is 1.69 bits per heavy atom. The normalized spacial score (nSPS) is 10.3. The highest BCUT2D eigenvalue weighted by molar-refractivity contribution is 5.84. The molecule has 1 heterocycles. The molecule has 0 aliphatic rings. The van der Waals surface area contributed by atoms with Gasteiger partial charge in [-0.2, -0.15) is 5.26 Å². The summed E-state index contributed by atoms with van der Waals surface area (Å²) in [4.78, 5) is 4.34. The highest BCUT2D eigenvalue weighted by Crippen LogP contribution is 2.38. The molecule has 4 N–H and O–H groups in total. The number of nitrogens with zero attached hydrogens (tertiary/aromatic N) is 2. The number of phenolic OH excluding ortho intramolecular Hbond substituents is 2. The number of aryl methyl sites for hydroxylation is 1. The summed E-state index contributed by atoms with van der Waals surface area (Å²) in [6.07, 6.45) is 0. The number of hydrogen-bond donors (Lipinski definition) is 3. The van der Waals surface area contributed by atoms with Gasteiger partial charge in [0.2, 0.25) is 0 Å². The van der Waals surface area contributed by atoms with Gasteiger partial charge in [0.15, 0.2) is 0 Å². The molecule has 3 rings (SSSR count). The summed E-state index contributed by atoms with van der Waals surface area (Å²) in [6, 6.07) is 13.4. The van der Waals surface area contributed by atoms with Crippen LogP contribution in [0.15, 0.2) is 42.5 Å². The Bertz CT molecular complexity index is 1040. The van der Waals surface area contributed by atoms with E-state index in [2.05, 4.69) is 11.1 Å². The van der Waals surface area contributed by atoms with E-state index < -0.39 is 0 Å². The van der Waals surface area contributed by atoms with Gasteiger partial charge in [-0.05, 0) is 55.0 Å². The number of phenols is 2. The summed E-state index contributed by atoms with van der Waals surface area (Å²) in [5.41, 5.74) is 9.43. The maximum absolute atomic E-state index is 9.88. The number of hydrogen-bond acceptors (Lipinski definition) is 6. The minimum Gasteiger partial charge on any atom is -0.508 e. The van der Waals surface area contributed by atoms with Crippen molar-refractivity contribution < 1.29 is 14.9 Å². The van der Waals surface area contributed by atoms with Crippen LogP contribution in [0.4, 0.5) is 5.82 Å². The van der Waals surface area contributed by atoms with Gasteiger partial charge in [-0.25, -0.2) is 4.98 Å². The third kappa shape index (κ3) is 2.98. The van der Waals surface area contributed by atoms with Crippen LogP contribution in [0.25, 0.3) is 22.4 Å². The molecule has 0 amide bonds. The standard InChI is InChI=1S/C20H17N3O3/c1-11-7-12(24)3-5-14(11)18-9-15(17(10-21)20(22)23-18)16-8-13(25)4-6-19(16)26-2/h3-9,24-25H,1-2H3,(H2,22,23).